The molecule has 2 atom stereocenters. The van der Waals surface area contributed by atoms with Crippen molar-refractivity contribution in [1.29, 1.82) is 0 Å². The lowest BCUT2D eigenvalue weighted by atomic mass is 10.0. The lowest BCUT2D eigenvalue weighted by molar-refractivity contribution is 0.549. The fraction of sp³-hybridized carbons (Fsp3) is 0.120. The molecule has 4 aromatic rings. The average molecular weight is 411 g/mol. The van der Waals surface area contributed by atoms with Gasteiger partial charge >= 0.3 is 0 Å². The van der Waals surface area contributed by atoms with Crippen LogP contribution in [0.15, 0.2) is 97.3 Å². The van der Waals surface area contributed by atoms with E-state index >= 15 is 0 Å². The Labute approximate surface area is 181 Å². The number of rotatable bonds is 4. The molecule has 30 heavy (non-hydrogen) atoms. The summed E-state index contributed by atoms with van der Waals surface area (Å²) in [6.07, 6.45) is 3.94. The predicted molar refractivity (Wildman–Crippen MR) is 125 cm³/mol. The van der Waals surface area contributed by atoms with Crippen LogP contribution in [0.3, 0.4) is 0 Å². The first-order valence-corrected chi connectivity index (χ1v) is 10.4. The van der Waals surface area contributed by atoms with Gasteiger partial charge in [-0.1, -0.05) is 36.4 Å². The molecule has 0 aliphatic carbocycles. The first kappa shape index (κ1) is 18.6. The third kappa shape index (κ3) is 3.27. The minimum Gasteiger partial charge on any atom is -0.351 e. The molecule has 1 aliphatic heterocycles. The van der Waals surface area contributed by atoms with Gasteiger partial charge in [-0.05, 0) is 73.2 Å². The molecule has 148 valence electrons. The van der Waals surface area contributed by atoms with Crippen LogP contribution in [0.2, 0.25) is 0 Å². The van der Waals surface area contributed by atoms with Gasteiger partial charge in [0.05, 0.1) is 11.7 Å². The van der Waals surface area contributed by atoms with Crippen molar-refractivity contribution < 1.29 is 0 Å². The van der Waals surface area contributed by atoms with E-state index in [0.717, 1.165) is 22.8 Å². The highest BCUT2D eigenvalue weighted by Gasteiger charge is 2.42. The first-order chi connectivity index (χ1) is 14.7. The van der Waals surface area contributed by atoms with Gasteiger partial charge < -0.3 is 14.8 Å². The highest BCUT2D eigenvalue weighted by Crippen LogP contribution is 2.42. The Kier molecular flexibility index (Phi) is 4.81. The van der Waals surface area contributed by atoms with Crippen LogP contribution in [0.25, 0.3) is 5.69 Å². The fourth-order valence-electron chi connectivity index (χ4n) is 4.17. The maximum Gasteiger partial charge on any atom is 0.174 e. The number of nitrogens with zero attached hydrogens (tertiary/aromatic N) is 3. The van der Waals surface area contributed by atoms with E-state index in [2.05, 4.69) is 99.6 Å². The van der Waals surface area contributed by atoms with E-state index in [0.29, 0.717) is 5.11 Å². The monoisotopic (exact) mass is 410 g/mol. The van der Waals surface area contributed by atoms with Crippen LogP contribution >= 0.6 is 12.2 Å². The maximum absolute atomic E-state index is 5.83. The van der Waals surface area contributed by atoms with Crippen LogP contribution in [0.4, 0.5) is 5.69 Å². The topological polar surface area (TPSA) is 33.1 Å². The van der Waals surface area contributed by atoms with Gasteiger partial charge in [0, 0.05) is 29.5 Å². The Hall–Kier alpha value is -3.44. The van der Waals surface area contributed by atoms with E-state index in [9.17, 15) is 0 Å². The van der Waals surface area contributed by atoms with Gasteiger partial charge in [-0.25, -0.2) is 0 Å². The third-order valence-corrected chi connectivity index (χ3v) is 5.81. The normalized spacial score (nSPS) is 18.4. The molecule has 2 aromatic heterocycles. The number of aryl methyl sites for hydroxylation is 1. The molecule has 0 radical (unpaired) electrons. The molecule has 0 saturated carbocycles. The molecular formula is C25H22N4S. The summed E-state index contributed by atoms with van der Waals surface area (Å²) in [6, 6.07) is 29.1. The lowest BCUT2D eigenvalue weighted by Crippen LogP contribution is -2.30. The molecule has 1 saturated heterocycles. The number of nitrogens with one attached hydrogen (secondary N) is 1. The van der Waals surface area contributed by atoms with Crippen molar-refractivity contribution >= 4 is 23.0 Å². The predicted octanol–water partition coefficient (Wildman–Crippen LogP) is 5.36. The van der Waals surface area contributed by atoms with E-state index in [-0.39, 0.29) is 12.1 Å². The van der Waals surface area contributed by atoms with Gasteiger partial charge in [-0.3, -0.25) is 4.98 Å². The molecule has 0 bridgehead atoms. The Morgan fingerprint density at radius 3 is 2.43 bits per heavy atom. The molecule has 3 heterocycles. The second-order valence-corrected chi connectivity index (χ2v) is 7.86. The van der Waals surface area contributed by atoms with Crippen molar-refractivity contribution in [3.05, 3.63) is 114 Å². The SMILES string of the molecule is Cc1cccc(N2C(=S)N[C@@H](c3ccccn3)[C@@H]2c2cccn2-c2ccccc2)c1. The van der Waals surface area contributed by atoms with E-state index in [1.165, 1.54) is 5.56 Å². The van der Waals surface area contributed by atoms with Crippen molar-refractivity contribution in [3.63, 3.8) is 0 Å². The zero-order valence-electron chi connectivity index (χ0n) is 16.6. The number of para-hydroxylation sites is 1. The molecule has 5 rings (SSSR count). The summed E-state index contributed by atoms with van der Waals surface area (Å²) in [5, 5.41) is 4.25. The fourth-order valence-corrected chi connectivity index (χ4v) is 4.52. The summed E-state index contributed by atoms with van der Waals surface area (Å²) in [5.74, 6) is 0. The quantitative estimate of drug-likeness (QED) is 0.459. The number of thiocarbonyl (C=S) groups is 1. The van der Waals surface area contributed by atoms with Crippen molar-refractivity contribution in [3.8, 4) is 5.69 Å². The van der Waals surface area contributed by atoms with Gasteiger partial charge in [0.1, 0.15) is 6.04 Å². The van der Waals surface area contributed by atoms with Crippen molar-refractivity contribution in [1.82, 2.24) is 14.9 Å². The van der Waals surface area contributed by atoms with E-state index in [1.54, 1.807) is 0 Å². The Morgan fingerprint density at radius 2 is 1.67 bits per heavy atom. The molecule has 0 spiro atoms. The molecule has 2 aromatic carbocycles. The summed E-state index contributed by atoms with van der Waals surface area (Å²) in [6.45, 7) is 2.11. The third-order valence-electron chi connectivity index (χ3n) is 5.50. The molecule has 1 aliphatic rings. The summed E-state index contributed by atoms with van der Waals surface area (Å²) in [4.78, 5) is 6.86. The van der Waals surface area contributed by atoms with Gasteiger partial charge in [0.15, 0.2) is 5.11 Å². The van der Waals surface area contributed by atoms with Crippen LogP contribution in [-0.4, -0.2) is 14.7 Å². The summed E-state index contributed by atoms with van der Waals surface area (Å²) in [7, 11) is 0. The second-order valence-electron chi connectivity index (χ2n) is 7.47. The molecular weight excluding hydrogens is 388 g/mol. The molecule has 0 amide bonds. The van der Waals surface area contributed by atoms with Crippen molar-refractivity contribution in [2.75, 3.05) is 4.90 Å². The molecule has 4 nitrogen and oxygen atoms in total. The standard InChI is InChI=1S/C25H22N4S/c1-18-9-7-12-20(17-18)29-24(23(27-25(29)30)21-13-5-6-15-26-21)22-14-8-16-28(22)19-10-3-2-4-11-19/h2-17,23-24H,1H3,(H,27,30)/t23-,24-/m0/s1. The summed E-state index contributed by atoms with van der Waals surface area (Å²) < 4.78 is 2.24. The molecule has 1 N–H and O–H groups in total. The largest absolute Gasteiger partial charge is 0.351 e. The number of pyridine rings is 1. The van der Waals surface area contributed by atoms with Crippen LogP contribution in [-0.2, 0) is 0 Å². The van der Waals surface area contributed by atoms with E-state index in [1.807, 2.05) is 24.4 Å². The number of benzene rings is 2. The maximum atomic E-state index is 5.83. The number of hydrogen-bond acceptors (Lipinski definition) is 2. The number of anilines is 1. The van der Waals surface area contributed by atoms with Crippen molar-refractivity contribution in [2.24, 2.45) is 0 Å². The highest BCUT2D eigenvalue weighted by molar-refractivity contribution is 7.80. The van der Waals surface area contributed by atoms with Gasteiger partial charge in [0.2, 0.25) is 0 Å². The highest BCUT2D eigenvalue weighted by atomic mass is 32.1. The summed E-state index contributed by atoms with van der Waals surface area (Å²) in [5.41, 5.74) is 5.54. The number of hydrogen-bond donors (Lipinski definition) is 1. The Morgan fingerprint density at radius 1 is 0.867 bits per heavy atom. The number of aromatic nitrogens is 2. The first-order valence-electron chi connectivity index (χ1n) is 10.0. The Bertz CT molecular complexity index is 1170. The van der Waals surface area contributed by atoms with E-state index < -0.39 is 0 Å². The van der Waals surface area contributed by atoms with Gasteiger partial charge in [-0.15, -0.1) is 0 Å². The minimum atomic E-state index is -0.0587. The Balaban J connectivity index is 1.68. The summed E-state index contributed by atoms with van der Waals surface area (Å²) >= 11 is 5.83. The van der Waals surface area contributed by atoms with Crippen LogP contribution in [0.1, 0.15) is 29.0 Å². The molecule has 0 unspecified atom stereocenters. The van der Waals surface area contributed by atoms with Crippen molar-refractivity contribution in [2.45, 2.75) is 19.0 Å². The van der Waals surface area contributed by atoms with Crippen LogP contribution in [0.5, 0.6) is 0 Å². The minimum absolute atomic E-state index is 0.0376. The average Bonchev–Trinajstić information content (AvgIpc) is 3.39. The zero-order chi connectivity index (χ0) is 20.5. The molecule has 1 fully saturated rings. The lowest BCUT2D eigenvalue weighted by Gasteiger charge is -2.29. The smallest absolute Gasteiger partial charge is 0.174 e. The molecule has 5 heteroatoms. The second kappa shape index (κ2) is 7.76. The van der Waals surface area contributed by atoms with Gasteiger partial charge in [-0.2, -0.15) is 0 Å². The van der Waals surface area contributed by atoms with Crippen LogP contribution in [0, 0.1) is 6.92 Å². The van der Waals surface area contributed by atoms with Gasteiger partial charge in [0.25, 0.3) is 0 Å². The van der Waals surface area contributed by atoms with Crippen LogP contribution < -0.4 is 10.2 Å². The zero-order valence-corrected chi connectivity index (χ0v) is 17.5. The van der Waals surface area contributed by atoms with E-state index in [4.69, 9.17) is 12.2 Å².